The van der Waals surface area contributed by atoms with E-state index in [1.54, 1.807) is 81.9 Å². The number of hydrogen-bond acceptors (Lipinski definition) is 13. The summed E-state index contributed by atoms with van der Waals surface area (Å²) in [6, 6.07) is 66.6. The zero-order valence-corrected chi connectivity index (χ0v) is 51.7. The van der Waals surface area contributed by atoms with Crippen LogP contribution in [0.3, 0.4) is 0 Å². The first-order chi connectivity index (χ1) is 49.2. The quantitative estimate of drug-likeness (QED) is 0.128. The largest absolute Gasteiger partial charge is 0.417 e. The lowest BCUT2D eigenvalue weighted by atomic mass is 9.91. The fourth-order valence-electron chi connectivity index (χ4n) is 13.3. The predicted molar refractivity (Wildman–Crippen MR) is 359 cm³/mol. The fourth-order valence-corrected chi connectivity index (χ4v) is 13.3. The molecule has 2 heterocycles. The van der Waals surface area contributed by atoms with Gasteiger partial charge in [-0.3, -0.25) is 0 Å². The Bertz CT molecular complexity index is 6170. The van der Waals surface area contributed by atoms with Gasteiger partial charge in [-0.15, -0.1) is 0 Å². The van der Waals surface area contributed by atoms with Crippen LogP contribution in [-0.4, -0.2) is 9.13 Å². The highest BCUT2D eigenvalue weighted by atomic mass is 19.4. The number of halogens is 6. The summed E-state index contributed by atoms with van der Waals surface area (Å²) in [6.45, 7) is 0. The van der Waals surface area contributed by atoms with Crippen LogP contribution >= 0.6 is 0 Å². The summed E-state index contributed by atoms with van der Waals surface area (Å²) >= 11 is 0. The Morgan fingerprint density at radius 3 is 0.833 bits per heavy atom. The summed E-state index contributed by atoms with van der Waals surface area (Å²) < 4.78 is 93.2. The second-order valence-electron chi connectivity index (χ2n) is 23.1. The maximum Gasteiger partial charge on any atom is 0.417 e. The number of alkyl halides is 6. The van der Waals surface area contributed by atoms with Crippen LogP contribution in [0.5, 0.6) is 0 Å². The Morgan fingerprint density at radius 1 is 0.235 bits per heavy atom. The molecule has 0 saturated heterocycles. The Hall–Kier alpha value is -16.0. The molecule has 470 valence electrons. The second kappa shape index (κ2) is 24.9. The minimum atomic E-state index is -5.38. The predicted octanol–water partition coefficient (Wildman–Crippen LogP) is 18.3. The van der Waals surface area contributed by atoms with Crippen molar-refractivity contribution >= 4 is 43.6 Å². The number of fused-ring (bicyclic) bond motifs is 6. The van der Waals surface area contributed by atoms with Crippen LogP contribution in [0.4, 0.5) is 26.3 Å². The van der Waals surface area contributed by atoms with E-state index in [2.05, 4.69) is 54.6 Å². The maximum atomic E-state index is 15.5. The highest BCUT2D eigenvalue weighted by molar-refractivity contribution is 6.15. The fraction of sp³-hybridized carbons (Fsp3) is 0.0247. The topological polar surface area (TPSA) is 319 Å². The third-order valence-electron chi connectivity index (χ3n) is 17.6. The van der Waals surface area contributed by atoms with Crippen molar-refractivity contribution in [1.82, 2.24) is 9.13 Å². The van der Waals surface area contributed by atoms with Crippen molar-refractivity contribution in [1.29, 1.82) is 68.4 Å². The van der Waals surface area contributed by atoms with Gasteiger partial charge in [-0.25, -0.2) is 0 Å². The Kier molecular flexibility index (Phi) is 15.8. The third-order valence-corrected chi connectivity index (χ3v) is 17.6. The number of benzene rings is 11. The van der Waals surface area contributed by atoms with E-state index in [-0.39, 0.29) is 129 Å². The molecule has 2 aromatic heterocycles. The van der Waals surface area contributed by atoms with E-state index >= 15 is 13.2 Å². The molecular formula is C81H29F6N15. The van der Waals surface area contributed by atoms with Crippen molar-refractivity contribution in [3.05, 3.63) is 259 Å². The SMILES string of the molecule is N#Cc1cc(C#N)c(-c2ccc3c(c2)c2cc(-c4c(C#N)cc(C#N)cc4C#N)ccc2n3-c2ccc(-c3ccc(C(F)(F)F)cc3C(F)(F)F)cc2-c2ccc(C#N)cc2-n2c3ccc(-c4c(C#N)cc(C#N)cc4C#N)cc3c3cc(-c4c(C#N)cc(C#N)cc4C#N)ccc32)c(C#N)c1. The van der Waals surface area contributed by atoms with Gasteiger partial charge in [-0.1, -0.05) is 42.5 Å². The van der Waals surface area contributed by atoms with Crippen molar-refractivity contribution in [2.75, 3.05) is 0 Å². The Morgan fingerprint density at radius 2 is 0.539 bits per heavy atom. The van der Waals surface area contributed by atoms with Gasteiger partial charge in [0, 0.05) is 54.9 Å². The molecule has 0 radical (unpaired) electrons. The van der Waals surface area contributed by atoms with Gasteiger partial charge in [0.2, 0.25) is 0 Å². The molecule has 0 N–H and O–H groups in total. The van der Waals surface area contributed by atoms with Crippen LogP contribution in [0.15, 0.2) is 176 Å². The zero-order valence-electron chi connectivity index (χ0n) is 51.7. The molecule has 15 nitrogen and oxygen atoms in total. The van der Waals surface area contributed by atoms with Gasteiger partial charge in [-0.05, 0) is 167 Å². The third kappa shape index (κ3) is 10.7. The van der Waals surface area contributed by atoms with Crippen molar-refractivity contribution in [2.24, 2.45) is 0 Å². The molecule has 0 aliphatic carbocycles. The number of rotatable bonds is 8. The van der Waals surface area contributed by atoms with E-state index < -0.39 is 29.0 Å². The summed E-state index contributed by atoms with van der Waals surface area (Å²) in [5.74, 6) is 0. The van der Waals surface area contributed by atoms with E-state index in [4.69, 9.17) is 0 Å². The smallest absolute Gasteiger partial charge is 0.309 e. The highest BCUT2D eigenvalue weighted by Crippen LogP contribution is 2.49. The molecule has 0 saturated carbocycles. The summed E-state index contributed by atoms with van der Waals surface area (Å²) in [6.07, 6.45) is -10.6. The summed E-state index contributed by atoms with van der Waals surface area (Å²) in [4.78, 5) is 0. The average molecular weight is 1330 g/mol. The first-order valence-electron chi connectivity index (χ1n) is 29.9. The van der Waals surface area contributed by atoms with Crippen LogP contribution in [0.25, 0.3) is 122 Å². The minimum Gasteiger partial charge on any atom is -0.309 e. The molecule has 0 fully saturated rings. The molecule has 0 bridgehead atoms. The van der Waals surface area contributed by atoms with Crippen molar-refractivity contribution in [2.45, 2.75) is 12.4 Å². The minimum absolute atomic E-state index is 0.0134. The summed E-state index contributed by atoms with van der Waals surface area (Å²) in [5.41, 5.74) is -0.776. The molecule has 0 aliphatic rings. The lowest BCUT2D eigenvalue weighted by Crippen LogP contribution is -2.12. The van der Waals surface area contributed by atoms with Crippen LogP contribution in [0.2, 0.25) is 0 Å². The van der Waals surface area contributed by atoms with Crippen LogP contribution in [0.1, 0.15) is 83.5 Å². The van der Waals surface area contributed by atoms with Crippen LogP contribution < -0.4 is 0 Å². The van der Waals surface area contributed by atoms with Gasteiger partial charge in [0.15, 0.2) is 0 Å². The zero-order chi connectivity index (χ0) is 72.2. The average Bonchev–Trinajstić information content (AvgIpc) is 1.55. The van der Waals surface area contributed by atoms with Gasteiger partial charge < -0.3 is 9.13 Å². The van der Waals surface area contributed by atoms with Gasteiger partial charge in [-0.2, -0.15) is 94.7 Å². The molecule has 0 amide bonds. The molecule has 13 aromatic rings. The van der Waals surface area contributed by atoms with E-state index in [1.165, 1.54) is 84.9 Å². The first-order valence-corrected chi connectivity index (χ1v) is 29.9. The highest BCUT2D eigenvalue weighted by Gasteiger charge is 2.39. The number of aromatic nitrogens is 2. The Balaban J connectivity index is 1.18. The lowest BCUT2D eigenvalue weighted by molar-refractivity contribution is -0.142. The molecule has 0 unspecified atom stereocenters. The molecular weight excluding hydrogens is 1300 g/mol. The summed E-state index contributed by atoms with van der Waals surface area (Å²) in [7, 11) is 0. The van der Waals surface area contributed by atoms with Crippen molar-refractivity contribution in [3.63, 3.8) is 0 Å². The number of nitriles is 13. The number of nitrogens with zero attached hydrogens (tertiary/aromatic N) is 15. The summed E-state index contributed by atoms with van der Waals surface area (Å²) in [5, 5.41) is 136. The molecule has 21 heteroatoms. The lowest BCUT2D eigenvalue weighted by Gasteiger charge is -2.21. The van der Waals surface area contributed by atoms with Gasteiger partial charge in [0.25, 0.3) is 0 Å². The molecule has 102 heavy (non-hydrogen) atoms. The van der Waals surface area contributed by atoms with Gasteiger partial charge in [0.1, 0.15) is 0 Å². The maximum absolute atomic E-state index is 15.5. The van der Waals surface area contributed by atoms with E-state index in [0.717, 1.165) is 0 Å². The molecule has 0 aliphatic heterocycles. The van der Waals surface area contributed by atoms with E-state index in [1.807, 2.05) is 24.3 Å². The van der Waals surface area contributed by atoms with E-state index in [0.29, 0.717) is 78.0 Å². The number of hydrogen-bond donors (Lipinski definition) is 0. The molecule has 11 aromatic carbocycles. The second-order valence-corrected chi connectivity index (χ2v) is 23.1. The standard InChI is InChI=1S/C81H29F6N15/c82-80(83,84)61-7-9-62(69(29-61)81(85,86)87)48-2-10-70(101-71-11-3-49(76-53(35-93)15-44(31-89)16-54(76)36-94)25-65(71)66-26-50(4-12-72(66)101)77-55(37-95)17-45(32-90)18-56(77)38-96)64(24-48)63-8-1-43(30-88)23-75(63)102-73-13-5-51(78-57(39-97)19-46(33-91)20-58(78)40-98)27-67(73)68-28-52(6-14-74(68)102)79-59(41-99)21-47(34-92)22-60(79)42-100/h1-29H. The monoisotopic (exact) mass is 1330 g/mol. The Labute approximate surface area is 573 Å². The first kappa shape index (κ1) is 64.7. The van der Waals surface area contributed by atoms with Crippen molar-refractivity contribution in [3.8, 4) is 157 Å². The molecule has 0 spiro atoms. The van der Waals surface area contributed by atoms with E-state index in [9.17, 15) is 81.6 Å². The molecule has 13 rings (SSSR count). The van der Waals surface area contributed by atoms with Crippen LogP contribution in [0, 0.1) is 147 Å². The van der Waals surface area contributed by atoms with Crippen molar-refractivity contribution < 1.29 is 26.3 Å². The van der Waals surface area contributed by atoms with Crippen LogP contribution in [-0.2, 0) is 12.4 Å². The molecule has 0 atom stereocenters. The normalized spacial score (nSPS) is 10.9. The van der Waals surface area contributed by atoms with Gasteiger partial charge in [0.05, 0.1) is 196 Å². The van der Waals surface area contributed by atoms with Gasteiger partial charge >= 0.3 is 12.4 Å².